The molecule has 2 rings (SSSR count). The predicted molar refractivity (Wildman–Crippen MR) is 76.4 cm³/mol. The fraction of sp³-hybridized carbons (Fsp3) is 0.500. The minimum atomic E-state index is -0.0312. The van der Waals surface area contributed by atoms with Gasteiger partial charge in [-0.3, -0.25) is 4.79 Å². The van der Waals surface area contributed by atoms with Gasteiger partial charge in [0.25, 0.3) is 5.91 Å². The van der Waals surface area contributed by atoms with E-state index in [1.165, 1.54) is 0 Å². The number of piperidine rings is 1. The molecule has 0 saturated carbocycles. The number of nitrogens with zero attached hydrogens (tertiary/aromatic N) is 1. The third-order valence-electron chi connectivity index (χ3n) is 3.46. The molecule has 1 aliphatic heterocycles. The summed E-state index contributed by atoms with van der Waals surface area (Å²) < 4.78 is 6.10. The van der Waals surface area contributed by atoms with E-state index in [9.17, 15) is 9.90 Å². The lowest BCUT2D eigenvalue weighted by Gasteiger charge is -2.32. The van der Waals surface area contributed by atoms with Crippen molar-refractivity contribution in [1.82, 2.24) is 4.90 Å². The molecule has 4 nitrogen and oxygen atoms in total. The second-order valence-electron chi connectivity index (χ2n) is 4.79. The third-order valence-corrected chi connectivity index (χ3v) is 3.95. The van der Waals surface area contributed by atoms with Crippen molar-refractivity contribution in [2.24, 2.45) is 5.92 Å². The highest BCUT2D eigenvalue weighted by Gasteiger charge is 2.25. The molecule has 5 heteroatoms. The van der Waals surface area contributed by atoms with Gasteiger partial charge in [-0.1, -0.05) is 15.9 Å². The predicted octanol–water partition coefficient (Wildman–Crippen LogP) is 2.30. The Morgan fingerprint density at radius 2 is 2.37 bits per heavy atom. The van der Waals surface area contributed by atoms with Gasteiger partial charge >= 0.3 is 0 Å². The number of carbonyl (C=O) groups excluding carboxylic acids is 1. The van der Waals surface area contributed by atoms with Gasteiger partial charge in [0.2, 0.25) is 0 Å². The summed E-state index contributed by atoms with van der Waals surface area (Å²) in [4.78, 5) is 14.3. The molecule has 0 radical (unpaired) electrons. The van der Waals surface area contributed by atoms with Gasteiger partial charge in [-0.05, 0) is 37.0 Å². The Balaban J connectivity index is 2.21. The maximum absolute atomic E-state index is 12.5. The first-order valence-electron chi connectivity index (χ1n) is 6.39. The molecule has 1 aromatic rings. The third kappa shape index (κ3) is 3.28. The molecule has 1 heterocycles. The molecule has 1 N–H and O–H groups in total. The molecule has 1 fully saturated rings. The summed E-state index contributed by atoms with van der Waals surface area (Å²) in [5.74, 6) is 0.742. The van der Waals surface area contributed by atoms with Crippen molar-refractivity contribution < 1.29 is 14.6 Å². The number of methoxy groups -OCH3 is 1. The van der Waals surface area contributed by atoms with Crippen LogP contribution in [-0.2, 0) is 0 Å². The Morgan fingerprint density at radius 1 is 1.58 bits per heavy atom. The van der Waals surface area contributed by atoms with Crippen LogP contribution < -0.4 is 4.74 Å². The maximum Gasteiger partial charge on any atom is 0.257 e. The van der Waals surface area contributed by atoms with Crippen molar-refractivity contribution in [3.63, 3.8) is 0 Å². The van der Waals surface area contributed by atoms with Crippen LogP contribution in [-0.4, -0.2) is 42.7 Å². The number of benzene rings is 1. The highest BCUT2D eigenvalue weighted by Crippen LogP contribution is 2.26. The minimum Gasteiger partial charge on any atom is -0.496 e. The van der Waals surface area contributed by atoms with E-state index in [0.717, 1.165) is 23.9 Å². The number of hydrogen-bond acceptors (Lipinski definition) is 3. The quantitative estimate of drug-likeness (QED) is 0.926. The van der Waals surface area contributed by atoms with Crippen LogP contribution in [0.25, 0.3) is 0 Å². The van der Waals surface area contributed by atoms with E-state index in [2.05, 4.69) is 15.9 Å². The monoisotopic (exact) mass is 327 g/mol. The number of likely N-dealkylation sites (tertiary alicyclic amines) is 1. The van der Waals surface area contributed by atoms with Crippen LogP contribution in [0.5, 0.6) is 5.75 Å². The van der Waals surface area contributed by atoms with Gasteiger partial charge in [0.1, 0.15) is 5.75 Å². The highest BCUT2D eigenvalue weighted by molar-refractivity contribution is 9.10. The van der Waals surface area contributed by atoms with Crippen LogP contribution in [0.15, 0.2) is 22.7 Å². The van der Waals surface area contributed by atoms with Gasteiger partial charge in [-0.25, -0.2) is 0 Å². The van der Waals surface area contributed by atoms with Crippen LogP contribution in [0.2, 0.25) is 0 Å². The molecule has 1 aromatic carbocycles. The molecule has 0 aliphatic carbocycles. The van der Waals surface area contributed by atoms with E-state index in [0.29, 0.717) is 17.9 Å². The van der Waals surface area contributed by atoms with Gasteiger partial charge in [0, 0.05) is 24.2 Å². The number of carbonyl (C=O) groups is 1. The Hall–Kier alpha value is -1.07. The lowest BCUT2D eigenvalue weighted by atomic mass is 9.98. The van der Waals surface area contributed by atoms with E-state index in [1.54, 1.807) is 24.1 Å². The lowest BCUT2D eigenvalue weighted by Crippen LogP contribution is -2.41. The molecular formula is C14H18BrNO3. The van der Waals surface area contributed by atoms with E-state index in [4.69, 9.17) is 4.74 Å². The number of hydrogen-bond donors (Lipinski definition) is 1. The minimum absolute atomic E-state index is 0.0312. The molecule has 104 valence electrons. The van der Waals surface area contributed by atoms with Gasteiger partial charge in [-0.15, -0.1) is 0 Å². The second kappa shape index (κ2) is 6.39. The van der Waals surface area contributed by atoms with Crippen molar-refractivity contribution in [1.29, 1.82) is 0 Å². The van der Waals surface area contributed by atoms with Gasteiger partial charge in [0.15, 0.2) is 0 Å². The highest BCUT2D eigenvalue weighted by atomic mass is 79.9. The molecule has 1 amide bonds. The van der Waals surface area contributed by atoms with Crippen LogP contribution in [0.3, 0.4) is 0 Å². The molecule has 19 heavy (non-hydrogen) atoms. The average molecular weight is 328 g/mol. The second-order valence-corrected chi connectivity index (χ2v) is 5.70. The van der Waals surface area contributed by atoms with Gasteiger partial charge in [0.05, 0.1) is 12.7 Å². The van der Waals surface area contributed by atoms with Crippen molar-refractivity contribution in [3.05, 3.63) is 28.2 Å². The fourth-order valence-corrected chi connectivity index (χ4v) is 2.78. The molecule has 0 bridgehead atoms. The molecule has 1 saturated heterocycles. The van der Waals surface area contributed by atoms with E-state index in [-0.39, 0.29) is 18.4 Å². The van der Waals surface area contributed by atoms with Crippen molar-refractivity contribution in [2.45, 2.75) is 12.8 Å². The maximum atomic E-state index is 12.5. The normalized spacial score (nSPS) is 19.3. The summed E-state index contributed by atoms with van der Waals surface area (Å²) in [5.41, 5.74) is 0.565. The first kappa shape index (κ1) is 14.3. The molecule has 1 aliphatic rings. The van der Waals surface area contributed by atoms with Crippen LogP contribution in [0.1, 0.15) is 23.2 Å². The largest absolute Gasteiger partial charge is 0.496 e. The van der Waals surface area contributed by atoms with Gasteiger partial charge < -0.3 is 14.7 Å². The number of halogens is 1. The molecule has 1 unspecified atom stereocenters. The zero-order chi connectivity index (χ0) is 13.8. The van der Waals surface area contributed by atoms with Crippen LogP contribution in [0.4, 0.5) is 0 Å². The summed E-state index contributed by atoms with van der Waals surface area (Å²) in [6, 6.07) is 5.41. The summed E-state index contributed by atoms with van der Waals surface area (Å²) >= 11 is 3.38. The smallest absolute Gasteiger partial charge is 0.257 e. The fourth-order valence-electron chi connectivity index (χ4n) is 2.42. The number of ether oxygens (including phenoxy) is 1. The molecule has 0 aromatic heterocycles. The zero-order valence-electron chi connectivity index (χ0n) is 10.9. The standard InChI is InChI=1S/C14H18BrNO3/c1-19-13-5-4-11(15)7-12(13)14(18)16-6-2-3-10(8-16)9-17/h4-5,7,10,17H,2-3,6,8-9H2,1H3. The Labute approximate surface area is 121 Å². The van der Waals surface area contributed by atoms with Crippen LogP contribution in [0, 0.1) is 5.92 Å². The SMILES string of the molecule is COc1ccc(Br)cc1C(=O)N1CCCC(CO)C1. The summed E-state index contributed by atoms with van der Waals surface area (Å²) in [6.07, 6.45) is 1.92. The summed E-state index contributed by atoms with van der Waals surface area (Å²) in [5, 5.41) is 9.24. The number of aliphatic hydroxyl groups excluding tert-OH is 1. The summed E-state index contributed by atoms with van der Waals surface area (Å²) in [6.45, 7) is 1.50. The van der Waals surface area contributed by atoms with Crippen LogP contribution >= 0.6 is 15.9 Å². The van der Waals surface area contributed by atoms with Crippen molar-refractivity contribution in [2.75, 3.05) is 26.8 Å². The number of aliphatic hydroxyl groups is 1. The zero-order valence-corrected chi connectivity index (χ0v) is 12.5. The van der Waals surface area contributed by atoms with Gasteiger partial charge in [-0.2, -0.15) is 0 Å². The Bertz CT molecular complexity index is 464. The van der Waals surface area contributed by atoms with Crippen molar-refractivity contribution >= 4 is 21.8 Å². The molecule has 1 atom stereocenters. The lowest BCUT2D eigenvalue weighted by molar-refractivity contribution is 0.0617. The first-order valence-corrected chi connectivity index (χ1v) is 7.18. The van der Waals surface area contributed by atoms with E-state index >= 15 is 0 Å². The number of amides is 1. The van der Waals surface area contributed by atoms with E-state index in [1.807, 2.05) is 6.07 Å². The topological polar surface area (TPSA) is 49.8 Å². The molecular weight excluding hydrogens is 310 g/mol. The van der Waals surface area contributed by atoms with E-state index < -0.39 is 0 Å². The van der Waals surface area contributed by atoms with Crippen molar-refractivity contribution in [3.8, 4) is 5.75 Å². The summed E-state index contributed by atoms with van der Waals surface area (Å²) in [7, 11) is 1.56. The molecule has 0 spiro atoms. The Kier molecular flexibility index (Phi) is 4.82. The Morgan fingerprint density at radius 3 is 3.05 bits per heavy atom. The number of rotatable bonds is 3. The first-order chi connectivity index (χ1) is 9.15. The average Bonchev–Trinajstić information content (AvgIpc) is 2.46.